The molecule has 2 fully saturated rings. The Labute approximate surface area is 156 Å². The van der Waals surface area contributed by atoms with Crippen molar-refractivity contribution < 1.29 is 9.90 Å². The largest absolute Gasteiger partial charge is 0.465 e. The molecule has 1 aliphatic carbocycles. The highest BCUT2D eigenvalue weighted by atomic mass is 16.4. The van der Waals surface area contributed by atoms with Gasteiger partial charge >= 0.3 is 6.09 Å². The van der Waals surface area contributed by atoms with Gasteiger partial charge in [0.15, 0.2) is 5.65 Å². The van der Waals surface area contributed by atoms with Crippen molar-refractivity contribution >= 4 is 28.8 Å². The number of hydrogen-bond acceptors (Lipinski definition) is 6. The number of nitrogens with two attached hydrogens (primary N) is 1. The number of nitrogens with zero attached hydrogens (tertiary/aromatic N) is 4. The Morgan fingerprint density at radius 1 is 1.30 bits per heavy atom. The highest BCUT2D eigenvalue weighted by Gasteiger charge is 2.26. The van der Waals surface area contributed by atoms with Gasteiger partial charge in [-0.25, -0.2) is 9.78 Å². The van der Waals surface area contributed by atoms with Crippen molar-refractivity contribution in [3.63, 3.8) is 0 Å². The fourth-order valence-corrected chi connectivity index (χ4v) is 3.79. The molecule has 0 aromatic carbocycles. The Morgan fingerprint density at radius 3 is 2.59 bits per heavy atom. The van der Waals surface area contributed by atoms with Crippen LogP contribution in [-0.2, 0) is 0 Å². The molecule has 27 heavy (non-hydrogen) atoms. The van der Waals surface area contributed by atoms with Crippen LogP contribution < -0.4 is 16.6 Å². The predicted molar refractivity (Wildman–Crippen MR) is 102 cm³/mol. The Morgan fingerprint density at radius 2 is 2.00 bits per heavy atom. The van der Waals surface area contributed by atoms with Gasteiger partial charge in [-0.1, -0.05) is 0 Å². The fourth-order valence-electron chi connectivity index (χ4n) is 3.79. The van der Waals surface area contributed by atoms with Crippen LogP contribution in [-0.4, -0.2) is 49.8 Å². The van der Waals surface area contributed by atoms with Crippen LogP contribution in [0.15, 0.2) is 11.0 Å². The molecular formula is C18H24N6O3. The zero-order valence-electron chi connectivity index (χ0n) is 15.3. The second-order valence-corrected chi connectivity index (χ2v) is 7.42. The highest BCUT2D eigenvalue weighted by Crippen LogP contribution is 2.34. The first-order chi connectivity index (χ1) is 13.0. The molecule has 0 unspecified atom stereocenters. The van der Waals surface area contributed by atoms with Gasteiger partial charge in [-0.3, -0.25) is 9.36 Å². The molecule has 4 N–H and O–H groups in total. The van der Waals surface area contributed by atoms with E-state index in [9.17, 15) is 9.59 Å². The molecule has 9 nitrogen and oxygen atoms in total. The summed E-state index contributed by atoms with van der Waals surface area (Å²) in [4.78, 5) is 34.2. The van der Waals surface area contributed by atoms with E-state index in [0.29, 0.717) is 54.2 Å². The average molecular weight is 372 g/mol. The third-order valence-corrected chi connectivity index (χ3v) is 5.77. The SMILES string of the molecule is Cc1c(N)c2cnc(NC3CCN(C(=O)O)CC3)nc2n(C2CCC2)c1=O. The van der Waals surface area contributed by atoms with Crippen molar-refractivity contribution in [2.75, 3.05) is 24.1 Å². The zero-order valence-corrected chi connectivity index (χ0v) is 15.3. The standard InChI is InChI=1S/C18H24N6O3/c1-10-14(19)13-9-20-17(21-11-5-7-23(8-6-11)18(26)27)22-15(13)24(16(10)25)12-3-2-4-12/h9,11-12H,2-8,19H2,1H3,(H,26,27)(H,20,21,22). The molecule has 144 valence electrons. The third-order valence-electron chi connectivity index (χ3n) is 5.77. The predicted octanol–water partition coefficient (Wildman–Crippen LogP) is 1.96. The normalized spacial score (nSPS) is 18.5. The summed E-state index contributed by atoms with van der Waals surface area (Å²) in [6, 6.07) is 0.269. The van der Waals surface area contributed by atoms with E-state index in [1.807, 2.05) is 0 Å². The van der Waals surface area contributed by atoms with E-state index in [-0.39, 0.29) is 17.6 Å². The number of hydrogen-bond donors (Lipinski definition) is 3. The van der Waals surface area contributed by atoms with Crippen LogP contribution >= 0.6 is 0 Å². The lowest BCUT2D eigenvalue weighted by Gasteiger charge is -2.31. The molecule has 2 aliphatic rings. The molecule has 1 amide bonds. The third kappa shape index (κ3) is 3.07. The second kappa shape index (κ2) is 6.71. The van der Waals surface area contributed by atoms with Gasteiger partial charge in [0.25, 0.3) is 5.56 Å². The number of rotatable bonds is 3. The molecular weight excluding hydrogens is 348 g/mol. The Balaban J connectivity index is 1.65. The highest BCUT2D eigenvalue weighted by molar-refractivity contribution is 5.89. The van der Waals surface area contributed by atoms with Crippen molar-refractivity contribution in [2.45, 2.75) is 51.1 Å². The fraction of sp³-hybridized carbons (Fsp3) is 0.556. The summed E-state index contributed by atoms with van der Waals surface area (Å²) >= 11 is 0. The monoisotopic (exact) mass is 372 g/mol. The minimum atomic E-state index is -0.884. The summed E-state index contributed by atoms with van der Waals surface area (Å²) in [7, 11) is 0. The van der Waals surface area contributed by atoms with Crippen LogP contribution in [0, 0.1) is 6.92 Å². The maximum absolute atomic E-state index is 12.8. The summed E-state index contributed by atoms with van der Waals surface area (Å²) in [5.74, 6) is 0.451. The topological polar surface area (TPSA) is 126 Å². The molecule has 9 heteroatoms. The van der Waals surface area contributed by atoms with Gasteiger partial charge < -0.3 is 21.1 Å². The Bertz CT molecular complexity index is 944. The first kappa shape index (κ1) is 17.6. The minimum absolute atomic E-state index is 0.0795. The molecule has 0 spiro atoms. The van der Waals surface area contributed by atoms with Gasteiger partial charge in [-0.15, -0.1) is 0 Å². The van der Waals surface area contributed by atoms with Crippen LogP contribution in [0.5, 0.6) is 0 Å². The number of likely N-dealkylation sites (tertiary alicyclic amines) is 1. The number of piperidine rings is 1. The van der Waals surface area contributed by atoms with Crippen molar-refractivity contribution in [1.82, 2.24) is 19.4 Å². The lowest BCUT2D eigenvalue weighted by atomic mass is 9.92. The molecule has 1 saturated carbocycles. The molecule has 4 rings (SSSR count). The van der Waals surface area contributed by atoms with E-state index in [1.54, 1.807) is 17.7 Å². The van der Waals surface area contributed by atoms with Gasteiger partial charge in [0.2, 0.25) is 5.95 Å². The number of amides is 1. The van der Waals surface area contributed by atoms with E-state index in [2.05, 4.69) is 15.3 Å². The quantitative estimate of drug-likeness (QED) is 0.751. The van der Waals surface area contributed by atoms with Crippen LogP contribution in [0.25, 0.3) is 11.0 Å². The summed E-state index contributed by atoms with van der Waals surface area (Å²) in [5, 5.41) is 13.0. The van der Waals surface area contributed by atoms with Crippen molar-refractivity contribution in [3.8, 4) is 0 Å². The number of carbonyl (C=O) groups is 1. The molecule has 2 aromatic rings. The summed E-state index contributed by atoms with van der Waals surface area (Å²) < 4.78 is 1.77. The van der Waals surface area contributed by atoms with Crippen molar-refractivity contribution in [1.29, 1.82) is 0 Å². The summed E-state index contributed by atoms with van der Waals surface area (Å²) in [6.45, 7) is 2.72. The Hall–Kier alpha value is -2.84. The molecule has 1 saturated heterocycles. The van der Waals surface area contributed by atoms with Crippen LogP contribution in [0.2, 0.25) is 0 Å². The number of nitrogen functional groups attached to an aromatic ring is 1. The van der Waals surface area contributed by atoms with E-state index in [0.717, 1.165) is 19.3 Å². The van der Waals surface area contributed by atoms with Gasteiger partial charge in [0, 0.05) is 36.9 Å². The Kier molecular flexibility index (Phi) is 4.37. The molecule has 3 heterocycles. The van der Waals surface area contributed by atoms with Crippen molar-refractivity contribution in [2.24, 2.45) is 0 Å². The zero-order chi connectivity index (χ0) is 19.1. The summed E-state index contributed by atoms with van der Waals surface area (Å²) in [6.07, 6.45) is 5.23. The number of aromatic nitrogens is 3. The lowest BCUT2D eigenvalue weighted by molar-refractivity contribution is 0.133. The van der Waals surface area contributed by atoms with E-state index >= 15 is 0 Å². The van der Waals surface area contributed by atoms with E-state index < -0.39 is 6.09 Å². The van der Waals surface area contributed by atoms with Gasteiger partial charge in [0.1, 0.15) is 0 Å². The van der Waals surface area contributed by atoms with Crippen LogP contribution in [0.3, 0.4) is 0 Å². The lowest BCUT2D eigenvalue weighted by Crippen LogP contribution is -2.42. The van der Waals surface area contributed by atoms with Crippen LogP contribution in [0.4, 0.5) is 16.4 Å². The number of pyridine rings is 1. The average Bonchev–Trinajstić information content (AvgIpc) is 2.62. The van der Waals surface area contributed by atoms with E-state index in [1.165, 1.54) is 4.90 Å². The first-order valence-corrected chi connectivity index (χ1v) is 9.37. The van der Waals surface area contributed by atoms with Gasteiger partial charge in [-0.2, -0.15) is 4.98 Å². The number of fused-ring (bicyclic) bond motifs is 1. The van der Waals surface area contributed by atoms with Gasteiger partial charge in [0.05, 0.1) is 11.1 Å². The molecule has 0 bridgehead atoms. The molecule has 0 atom stereocenters. The number of anilines is 2. The summed E-state index contributed by atoms with van der Waals surface area (Å²) in [5.41, 5.74) is 7.63. The molecule has 2 aromatic heterocycles. The van der Waals surface area contributed by atoms with Crippen LogP contribution in [0.1, 0.15) is 43.7 Å². The second-order valence-electron chi connectivity index (χ2n) is 7.42. The molecule has 0 radical (unpaired) electrons. The number of nitrogens with one attached hydrogen (secondary N) is 1. The van der Waals surface area contributed by atoms with Gasteiger partial charge in [-0.05, 0) is 39.0 Å². The maximum Gasteiger partial charge on any atom is 0.407 e. The van der Waals surface area contributed by atoms with Crippen molar-refractivity contribution in [3.05, 3.63) is 22.1 Å². The number of carboxylic acid groups (broad SMARTS) is 1. The maximum atomic E-state index is 12.8. The minimum Gasteiger partial charge on any atom is -0.465 e. The first-order valence-electron chi connectivity index (χ1n) is 9.37. The smallest absolute Gasteiger partial charge is 0.407 e. The van der Waals surface area contributed by atoms with E-state index in [4.69, 9.17) is 10.8 Å². The molecule has 1 aliphatic heterocycles.